The van der Waals surface area contributed by atoms with Gasteiger partial charge in [-0.1, -0.05) is 44.0 Å². The number of benzene rings is 1. The molecule has 2 unspecified atom stereocenters. The van der Waals surface area contributed by atoms with Crippen LogP contribution in [-0.4, -0.2) is 13.1 Å². The van der Waals surface area contributed by atoms with E-state index < -0.39 is 0 Å². The molecule has 1 nitrogen and oxygen atoms in total. The van der Waals surface area contributed by atoms with Crippen LogP contribution in [0, 0.1) is 5.92 Å². The summed E-state index contributed by atoms with van der Waals surface area (Å²) in [4.78, 5) is 0. The van der Waals surface area contributed by atoms with Crippen LogP contribution in [0.15, 0.2) is 24.3 Å². The summed E-state index contributed by atoms with van der Waals surface area (Å²) in [6.07, 6.45) is 5.19. The summed E-state index contributed by atoms with van der Waals surface area (Å²) in [5, 5.41) is 4.46. The molecule has 0 aliphatic heterocycles. The van der Waals surface area contributed by atoms with Crippen LogP contribution in [0.5, 0.6) is 0 Å². The molecule has 0 amide bonds. The van der Waals surface area contributed by atoms with E-state index in [9.17, 15) is 0 Å². The Morgan fingerprint density at radius 2 is 2.06 bits per heavy atom. The fraction of sp³-hybridized carbons (Fsp3) is 0.625. The third-order valence-corrected chi connectivity index (χ3v) is 4.74. The maximum Gasteiger partial charge on any atom is 0.0406 e. The van der Waals surface area contributed by atoms with Crippen LogP contribution in [-0.2, 0) is 5.41 Å². The minimum absolute atomic E-state index is 0.319. The lowest BCUT2D eigenvalue weighted by atomic mass is 9.73. The number of halogens is 1. The van der Waals surface area contributed by atoms with Gasteiger partial charge in [-0.2, -0.15) is 0 Å². The molecule has 0 heterocycles. The summed E-state index contributed by atoms with van der Waals surface area (Å²) >= 11 is 6.01. The number of hydrogen-bond donors (Lipinski definition) is 1. The first-order valence-corrected chi connectivity index (χ1v) is 7.53. The van der Waals surface area contributed by atoms with E-state index in [2.05, 4.69) is 31.3 Å². The van der Waals surface area contributed by atoms with Crippen LogP contribution < -0.4 is 5.32 Å². The molecule has 0 saturated heterocycles. The average Bonchev–Trinajstić information content (AvgIpc) is 2.73. The molecule has 0 bridgehead atoms. The van der Waals surface area contributed by atoms with Crippen molar-refractivity contribution in [3.63, 3.8) is 0 Å². The standard InChI is InChI=1S/C16H24ClN/c1-3-11-18-12-16(10-4-5-13(16)2)14-6-8-15(17)9-7-14/h6-9,13,18H,3-5,10-12H2,1-2H3. The van der Waals surface area contributed by atoms with Crippen molar-refractivity contribution in [2.24, 2.45) is 5.92 Å². The van der Waals surface area contributed by atoms with Crippen molar-refractivity contribution in [1.82, 2.24) is 5.32 Å². The Bertz CT molecular complexity index is 373. The largest absolute Gasteiger partial charge is 0.316 e. The molecule has 0 spiro atoms. The predicted molar refractivity (Wildman–Crippen MR) is 79.3 cm³/mol. The van der Waals surface area contributed by atoms with Crippen LogP contribution >= 0.6 is 11.6 Å². The molecule has 1 fully saturated rings. The predicted octanol–water partition coefficient (Wildman–Crippen LogP) is 4.40. The monoisotopic (exact) mass is 265 g/mol. The van der Waals surface area contributed by atoms with Crippen molar-refractivity contribution in [3.8, 4) is 0 Å². The van der Waals surface area contributed by atoms with Crippen LogP contribution in [0.3, 0.4) is 0 Å². The maximum absolute atomic E-state index is 6.01. The second kappa shape index (κ2) is 6.08. The summed E-state index contributed by atoms with van der Waals surface area (Å²) in [5.41, 5.74) is 1.78. The second-order valence-electron chi connectivity index (χ2n) is 5.63. The van der Waals surface area contributed by atoms with Crippen molar-refractivity contribution in [3.05, 3.63) is 34.9 Å². The lowest BCUT2D eigenvalue weighted by Gasteiger charge is -2.35. The van der Waals surface area contributed by atoms with Crippen molar-refractivity contribution in [2.45, 2.75) is 44.9 Å². The topological polar surface area (TPSA) is 12.0 Å². The lowest BCUT2D eigenvalue weighted by Crippen LogP contribution is -2.40. The fourth-order valence-electron chi connectivity index (χ4n) is 3.31. The molecule has 1 saturated carbocycles. The first-order valence-electron chi connectivity index (χ1n) is 7.16. The first-order chi connectivity index (χ1) is 8.69. The first kappa shape index (κ1) is 13.9. The highest BCUT2D eigenvalue weighted by Crippen LogP contribution is 2.45. The number of rotatable bonds is 5. The van der Waals surface area contributed by atoms with Crippen molar-refractivity contribution in [1.29, 1.82) is 0 Å². The van der Waals surface area contributed by atoms with Crippen molar-refractivity contribution in [2.75, 3.05) is 13.1 Å². The quantitative estimate of drug-likeness (QED) is 0.779. The third kappa shape index (κ3) is 2.73. The Morgan fingerprint density at radius 1 is 1.33 bits per heavy atom. The molecule has 100 valence electrons. The van der Waals surface area contributed by atoms with Gasteiger partial charge in [0.05, 0.1) is 0 Å². The molecule has 0 radical (unpaired) electrons. The van der Waals surface area contributed by atoms with Crippen molar-refractivity contribution < 1.29 is 0 Å². The molecule has 1 aliphatic carbocycles. The van der Waals surface area contributed by atoms with Crippen LogP contribution in [0.4, 0.5) is 0 Å². The van der Waals surface area contributed by atoms with Gasteiger partial charge in [0.1, 0.15) is 0 Å². The van der Waals surface area contributed by atoms with Gasteiger partial charge < -0.3 is 5.32 Å². The molecule has 2 heteroatoms. The normalized spacial score (nSPS) is 27.6. The van der Waals surface area contributed by atoms with Crippen LogP contribution in [0.25, 0.3) is 0 Å². The molecule has 18 heavy (non-hydrogen) atoms. The highest BCUT2D eigenvalue weighted by molar-refractivity contribution is 6.30. The van der Waals surface area contributed by atoms with Gasteiger partial charge in [-0.15, -0.1) is 0 Å². The van der Waals surface area contributed by atoms with E-state index >= 15 is 0 Å². The van der Waals surface area contributed by atoms with E-state index in [-0.39, 0.29) is 0 Å². The van der Waals surface area contributed by atoms with E-state index in [1.165, 1.54) is 31.2 Å². The molecule has 2 atom stereocenters. The Balaban J connectivity index is 2.21. The third-order valence-electron chi connectivity index (χ3n) is 4.49. The Labute approximate surface area is 116 Å². The average molecular weight is 266 g/mol. The maximum atomic E-state index is 6.01. The highest BCUT2D eigenvalue weighted by Gasteiger charge is 2.41. The lowest BCUT2D eigenvalue weighted by molar-refractivity contribution is 0.318. The Hall–Kier alpha value is -0.530. The summed E-state index contributed by atoms with van der Waals surface area (Å²) in [6, 6.07) is 8.50. The summed E-state index contributed by atoms with van der Waals surface area (Å²) < 4.78 is 0. The highest BCUT2D eigenvalue weighted by atomic mass is 35.5. The summed E-state index contributed by atoms with van der Waals surface area (Å²) in [5.74, 6) is 0.753. The molecule has 2 rings (SSSR count). The Kier molecular flexibility index (Phi) is 4.69. The summed E-state index contributed by atoms with van der Waals surface area (Å²) in [6.45, 7) is 6.83. The molecule has 1 aromatic rings. The van der Waals surface area contributed by atoms with Gasteiger partial charge in [-0.05, 0) is 49.4 Å². The van der Waals surface area contributed by atoms with Crippen LogP contribution in [0.1, 0.15) is 45.1 Å². The zero-order chi connectivity index (χ0) is 13.0. The number of nitrogens with one attached hydrogen (secondary N) is 1. The zero-order valence-corrected chi connectivity index (χ0v) is 12.3. The molecule has 0 aromatic heterocycles. The minimum Gasteiger partial charge on any atom is -0.316 e. The number of hydrogen-bond acceptors (Lipinski definition) is 1. The SMILES string of the molecule is CCCNCC1(c2ccc(Cl)cc2)CCCC1C. The van der Waals surface area contributed by atoms with E-state index in [0.717, 1.165) is 24.0 Å². The van der Waals surface area contributed by atoms with Gasteiger partial charge in [-0.3, -0.25) is 0 Å². The summed E-state index contributed by atoms with van der Waals surface area (Å²) in [7, 11) is 0. The molecular weight excluding hydrogens is 242 g/mol. The van der Waals surface area contributed by atoms with Gasteiger partial charge in [0.15, 0.2) is 0 Å². The molecular formula is C16H24ClN. The van der Waals surface area contributed by atoms with Crippen LogP contribution in [0.2, 0.25) is 5.02 Å². The van der Waals surface area contributed by atoms with Gasteiger partial charge in [0.2, 0.25) is 0 Å². The molecule has 1 aliphatic rings. The van der Waals surface area contributed by atoms with Gasteiger partial charge in [0, 0.05) is 17.0 Å². The van der Waals surface area contributed by atoms with Gasteiger partial charge in [0.25, 0.3) is 0 Å². The zero-order valence-electron chi connectivity index (χ0n) is 11.5. The second-order valence-corrected chi connectivity index (χ2v) is 6.07. The van der Waals surface area contributed by atoms with Gasteiger partial charge >= 0.3 is 0 Å². The van der Waals surface area contributed by atoms with E-state index in [4.69, 9.17) is 11.6 Å². The Morgan fingerprint density at radius 3 is 2.61 bits per heavy atom. The smallest absolute Gasteiger partial charge is 0.0406 e. The fourth-order valence-corrected chi connectivity index (χ4v) is 3.44. The van der Waals surface area contributed by atoms with E-state index in [1.807, 2.05) is 12.1 Å². The van der Waals surface area contributed by atoms with Gasteiger partial charge in [-0.25, -0.2) is 0 Å². The minimum atomic E-state index is 0.319. The van der Waals surface area contributed by atoms with E-state index in [1.54, 1.807) is 0 Å². The van der Waals surface area contributed by atoms with E-state index in [0.29, 0.717) is 5.41 Å². The molecule has 1 N–H and O–H groups in total. The van der Waals surface area contributed by atoms with Crippen molar-refractivity contribution >= 4 is 11.6 Å². The molecule has 1 aromatic carbocycles.